The smallest absolute Gasteiger partial charge is 0.433 e. The lowest BCUT2D eigenvalue weighted by atomic mass is 9.50. The van der Waals surface area contributed by atoms with Crippen molar-refractivity contribution in [3.05, 3.63) is 35.4 Å². The minimum Gasteiger partial charge on any atom is -0.441 e. The highest BCUT2D eigenvalue weighted by Crippen LogP contribution is 2.57. The molecule has 198 valence electrons. The van der Waals surface area contributed by atoms with Crippen LogP contribution in [0.2, 0.25) is 0 Å². The van der Waals surface area contributed by atoms with Crippen molar-refractivity contribution < 1.29 is 36.6 Å². The number of H-pyrrole nitrogens is 1. The number of nitrogens with zero attached hydrogens (tertiary/aromatic N) is 4. The number of carbonyl (C=O) groups excluding carboxylic acids is 1. The molecule has 2 bridgehead atoms. The first kappa shape index (κ1) is 23.9. The quantitative estimate of drug-likeness (QED) is 0.401. The molecule has 4 heterocycles. The zero-order valence-electron chi connectivity index (χ0n) is 19.5. The Morgan fingerprint density at radius 2 is 2.08 bits per heavy atom. The van der Waals surface area contributed by atoms with Crippen molar-refractivity contribution in [1.29, 1.82) is 0 Å². The molecule has 15 heteroatoms. The molecule has 1 saturated heterocycles. The Balaban J connectivity index is 1.16. The van der Waals surface area contributed by atoms with E-state index in [4.69, 9.17) is 14.2 Å². The first-order chi connectivity index (χ1) is 17.6. The zero-order valence-corrected chi connectivity index (χ0v) is 19.5. The molecular weight excluding hydrogens is 502 g/mol. The molecule has 4 aliphatic rings. The van der Waals surface area contributed by atoms with Gasteiger partial charge in [0, 0.05) is 31.0 Å². The van der Waals surface area contributed by atoms with E-state index in [0.29, 0.717) is 11.6 Å². The third-order valence-corrected chi connectivity index (χ3v) is 6.98. The van der Waals surface area contributed by atoms with Crippen LogP contribution in [0.1, 0.15) is 42.4 Å². The predicted octanol–water partition coefficient (Wildman–Crippen LogP) is 3.42. The van der Waals surface area contributed by atoms with E-state index in [1.165, 1.54) is 23.8 Å². The number of carbonyl (C=O) groups is 1. The van der Waals surface area contributed by atoms with Gasteiger partial charge in [0.1, 0.15) is 11.8 Å². The van der Waals surface area contributed by atoms with Crippen LogP contribution in [-0.4, -0.2) is 62.2 Å². The number of rotatable bonds is 7. The molecule has 0 spiro atoms. The maximum absolute atomic E-state index is 15.1. The average Bonchev–Trinajstić information content (AvgIpc) is 3.49. The van der Waals surface area contributed by atoms with Crippen LogP contribution in [0, 0.1) is 5.92 Å². The maximum atomic E-state index is 15.1. The molecule has 1 aliphatic heterocycles. The zero-order chi connectivity index (χ0) is 25.9. The molecule has 0 unspecified atom stereocenters. The summed E-state index contributed by atoms with van der Waals surface area (Å²) in [6, 6.07) is 2.22. The summed E-state index contributed by atoms with van der Waals surface area (Å²) in [5, 5.41) is 12.2. The van der Waals surface area contributed by atoms with E-state index in [0.717, 1.165) is 25.3 Å². The molecular formula is C22H23F4N7O4. The fourth-order valence-electron chi connectivity index (χ4n) is 5.10. The van der Waals surface area contributed by atoms with Gasteiger partial charge in [0.05, 0.1) is 24.6 Å². The van der Waals surface area contributed by atoms with Crippen LogP contribution in [-0.2, 0) is 27.0 Å². The third-order valence-electron chi connectivity index (χ3n) is 6.98. The molecule has 3 saturated carbocycles. The van der Waals surface area contributed by atoms with E-state index in [2.05, 4.69) is 30.8 Å². The fourth-order valence-corrected chi connectivity index (χ4v) is 5.10. The van der Waals surface area contributed by atoms with Crippen molar-refractivity contribution in [3.63, 3.8) is 0 Å². The lowest BCUT2D eigenvalue weighted by Gasteiger charge is -2.61. The van der Waals surface area contributed by atoms with Crippen LogP contribution in [0.4, 0.5) is 34.1 Å². The number of alkyl halides is 4. The molecule has 3 aliphatic carbocycles. The first-order valence-corrected chi connectivity index (χ1v) is 11.6. The predicted molar refractivity (Wildman–Crippen MR) is 118 cm³/mol. The minimum absolute atomic E-state index is 0.00714. The van der Waals surface area contributed by atoms with E-state index in [9.17, 15) is 18.0 Å². The van der Waals surface area contributed by atoms with Gasteiger partial charge < -0.3 is 24.8 Å². The highest BCUT2D eigenvalue weighted by molar-refractivity contribution is 5.69. The highest BCUT2D eigenvalue weighted by Gasteiger charge is 2.58. The minimum atomic E-state index is -4.71. The lowest BCUT2D eigenvalue weighted by molar-refractivity contribution is -0.141. The summed E-state index contributed by atoms with van der Waals surface area (Å²) in [5.41, 5.74) is -0.715. The Labute approximate surface area is 206 Å². The van der Waals surface area contributed by atoms with Gasteiger partial charge >= 0.3 is 12.3 Å². The van der Waals surface area contributed by atoms with Crippen LogP contribution in [0.3, 0.4) is 0 Å². The number of nitrogens with one attached hydrogen (secondary N) is 3. The molecule has 3 aromatic heterocycles. The number of ether oxygens (including phenoxy) is 3. The van der Waals surface area contributed by atoms with Crippen molar-refractivity contribution in [1.82, 2.24) is 29.9 Å². The molecule has 3 N–H and O–H groups in total. The van der Waals surface area contributed by atoms with E-state index >= 15 is 4.39 Å². The number of amides is 1. The van der Waals surface area contributed by atoms with Crippen LogP contribution in [0.25, 0.3) is 5.65 Å². The number of methoxy groups -OCH3 is 1. The number of aromatic amines is 1. The first-order valence-electron chi connectivity index (χ1n) is 11.6. The van der Waals surface area contributed by atoms with Crippen LogP contribution in [0.5, 0.6) is 0 Å². The number of hydrogen-bond donors (Lipinski definition) is 3. The number of fused-ring (bicyclic) bond motifs is 1. The second-order valence-electron chi connectivity index (χ2n) is 9.72. The van der Waals surface area contributed by atoms with Crippen LogP contribution >= 0.6 is 0 Å². The van der Waals surface area contributed by atoms with Gasteiger partial charge in [-0.3, -0.25) is 9.50 Å². The summed E-state index contributed by atoms with van der Waals surface area (Å²) in [6.07, 6.45) is -5.00. The summed E-state index contributed by atoms with van der Waals surface area (Å²) in [5.74, 6) is 0.542. The van der Waals surface area contributed by atoms with Crippen molar-refractivity contribution in [2.75, 3.05) is 19.0 Å². The van der Waals surface area contributed by atoms with Gasteiger partial charge in [-0.2, -0.15) is 18.3 Å². The summed E-state index contributed by atoms with van der Waals surface area (Å²) in [6.45, 7) is -0.0571. The monoisotopic (exact) mass is 525 g/mol. The summed E-state index contributed by atoms with van der Waals surface area (Å²) >= 11 is 0. The van der Waals surface area contributed by atoms with Gasteiger partial charge in [-0.25, -0.2) is 19.2 Å². The summed E-state index contributed by atoms with van der Waals surface area (Å²) in [7, 11) is 1.44. The number of alkyl carbamates (subject to hydrolysis) is 1. The Morgan fingerprint density at radius 1 is 1.30 bits per heavy atom. The Bertz CT molecular complexity index is 1330. The lowest BCUT2D eigenvalue weighted by Crippen LogP contribution is -2.68. The Morgan fingerprint density at radius 3 is 2.76 bits per heavy atom. The molecule has 11 nitrogen and oxygen atoms in total. The Kier molecular flexibility index (Phi) is 5.52. The van der Waals surface area contributed by atoms with Crippen molar-refractivity contribution in [2.24, 2.45) is 5.92 Å². The summed E-state index contributed by atoms with van der Waals surface area (Å²) in [4.78, 5) is 20.0. The molecule has 3 aromatic rings. The number of aromatic nitrogens is 5. The molecule has 1 amide bonds. The second-order valence-corrected chi connectivity index (χ2v) is 9.72. The van der Waals surface area contributed by atoms with E-state index < -0.39 is 36.3 Å². The number of hydrogen-bond acceptors (Lipinski definition) is 8. The average molecular weight is 525 g/mol. The van der Waals surface area contributed by atoms with Gasteiger partial charge in [0.2, 0.25) is 5.95 Å². The standard InChI is InChI=1S/C22H23F4N7O4/c1-35-8-11-7-33-16(27-11)3-14(22(24,25)26)28-19(33)29-15-2-12(31-32-15)18-17(23)13(9-36-18)37-20(34)30-21-4-10(5-21)6-21/h2-3,7,10,13,17-18H,4-6,8-9H2,1H3,(H,30,34)(H2,28,29,31,32)/t10?,13-,17+,18-,21?/m1/s1. The normalized spacial score (nSPS) is 28.6. The molecule has 0 radical (unpaired) electrons. The third kappa shape index (κ3) is 4.35. The van der Waals surface area contributed by atoms with Crippen LogP contribution in [0.15, 0.2) is 18.3 Å². The van der Waals surface area contributed by atoms with Gasteiger partial charge in [-0.1, -0.05) is 0 Å². The molecule has 0 aromatic carbocycles. The van der Waals surface area contributed by atoms with Crippen molar-refractivity contribution >= 4 is 23.5 Å². The topological polar surface area (TPSA) is 128 Å². The maximum Gasteiger partial charge on any atom is 0.433 e. The van der Waals surface area contributed by atoms with E-state index in [-0.39, 0.29) is 41.9 Å². The van der Waals surface area contributed by atoms with Gasteiger partial charge in [0.25, 0.3) is 0 Å². The van der Waals surface area contributed by atoms with Crippen molar-refractivity contribution in [2.45, 2.75) is 56.0 Å². The SMILES string of the molecule is COCc1cn2c(Nc3cc([C@H]4OC[C@@H](OC(=O)NC56CC(C5)C6)[C@@H]4F)[nH]n3)nc(C(F)(F)F)cc2n1. The van der Waals surface area contributed by atoms with Crippen molar-refractivity contribution in [3.8, 4) is 0 Å². The van der Waals surface area contributed by atoms with Gasteiger partial charge in [-0.15, -0.1) is 0 Å². The molecule has 7 rings (SSSR count). The van der Waals surface area contributed by atoms with Gasteiger partial charge in [-0.05, 0) is 25.2 Å². The molecule has 37 heavy (non-hydrogen) atoms. The second kappa shape index (κ2) is 8.55. The van der Waals surface area contributed by atoms with E-state index in [1.54, 1.807) is 0 Å². The van der Waals surface area contributed by atoms with Gasteiger partial charge in [0.15, 0.2) is 23.8 Å². The Hall–Kier alpha value is -3.46. The number of halogens is 4. The summed E-state index contributed by atoms with van der Waals surface area (Å²) < 4.78 is 72.4. The fraction of sp³-hybridized carbons (Fsp3) is 0.545. The largest absolute Gasteiger partial charge is 0.441 e. The van der Waals surface area contributed by atoms with Crippen LogP contribution < -0.4 is 10.6 Å². The molecule has 3 atom stereocenters. The number of imidazole rings is 1. The highest BCUT2D eigenvalue weighted by atomic mass is 19.4. The number of anilines is 2. The van der Waals surface area contributed by atoms with E-state index in [1.807, 2.05) is 0 Å². The molecule has 4 fully saturated rings.